The van der Waals surface area contributed by atoms with E-state index in [1.165, 1.54) is 22.4 Å². The molecule has 0 saturated heterocycles. The zero-order chi connectivity index (χ0) is 21.1. The first-order valence-corrected chi connectivity index (χ1v) is 9.88. The van der Waals surface area contributed by atoms with Crippen molar-refractivity contribution in [3.8, 4) is 5.69 Å². The molecule has 1 N–H and O–H groups in total. The zero-order valence-corrected chi connectivity index (χ0v) is 16.9. The van der Waals surface area contributed by atoms with Crippen molar-refractivity contribution in [1.29, 1.82) is 0 Å². The van der Waals surface area contributed by atoms with Gasteiger partial charge in [0.05, 0.1) is 23.6 Å². The van der Waals surface area contributed by atoms with Gasteiger partial charge in [-0.05, 0) is 42.8 Å². The second kappa shape index (κ2) is 8.49. The standard InChI is InChI=1S/C23H23FN4O2/c1-15-12-21(28(26-15)19-10-8-18(24)9-11-19)23(29)25-14-20-16(2)22(30-27-20)13-17-6-4-3-5-7-17/h3-12,16,22H,13-14H2,1-2H3,(H,25,29). The van der Waals surface area contributed by atoms with E-state index in [4.69, 9.17) is 4.84 Å². The van der Waals surface area contributed by atoms with E-state index in [9.17, 15) is 9.18 Å². The summed E-state index contributed by atoms with van der Waals surface area (Å²) in [6, 6.07) is 17.7. The van der Waals surface area contributed by atoms with Gasteiger partial charge in [0.15, 0.2) is 0 Å². The number of hydrogen-bond acceptors (Lipinski definition) is 4. The number of carbonyl (C=O) groups is 1. The number of aryl methyl sites for hydroxylation is 1. The van der Waals surface area contributed by atoms with Gasteiger partial charge in [-0.2, -0.15) is 5.10 Å². The topological polar surface area (TPSA) is 68.5 Å². The molecule has 0 spiro atoms. The monoisotopic (exact) mass is 406 g/mol. The highest BCUT2D eigenvalue weighted by Crippen LogP contribution is 2.22. The Bertz CT molecular complexity index is 1060. The lowest BCUT2D eigenvalue weighted by molar-refractivity contribution is 0.0660. The molecule has 154 valence electrons. The number of halogens is 1. The molecule has 2 heterocycles. The van der Waals surface area contributed by atoms with E-state index in [-0.39, 0.29) is 23.7 Å². The maximum atomic E-state index is 13.2. The highest BCUT2D eigenvalue weighted by atomic mass is 19.1. The fourth-order valence-electron chi connectivity index (χ4n) is 3.48. The van der Waals surface area contributed by atoms with E-state index in [0.717, 1.165) is 12.1 Å². The summed E-state index contributed by atoms with van der Waals surface area (Å²) in [4.78, 5) is 18.4. The second-order valence-corrected chi connectivity index (χ2v) is 7.45. The molecule has 1 aliphatic heterocycles. The molecule has 1 aromatic heterocycles. The molecule has 1 amide bonds. The zero-order valence-electron chi connectivity index (χ0n) is 16.9. The molecule has 6 nitrogen and oxygen atoms in total. The Morgan fingerprint density at radius 3 is 2.63 bits per heavy atom. The first-order chi connectivity index (χ1) is 14.5. The summed E-state index contributed by atoms with van der Waals surface area (Å²) in [6.45, 7) is 4.15. The van der Waals surface area contributed by atoms with Crippen molar-refractivity contribution in [2.45, 2.75) is 26.4 Å². The molecule has 30 heavy (non-hydrogen) atoms. The van der Waals surface area contributed by atoms with Crippen molar-refractivity contribution in [3.05, 3.63) is 83.4 Å². The molecule has 7 heteroatoms. The molecule has 0 saturated carbocycles. The lowest BCUT2D eigenvalue weighted by Crippen LogP contribution is -2.34. The maximum Gasteiger partial charge on any atom is 0.270 e. The van der Waals surface area contributed by atoms with Gasteiger partial charge in [-0.25, -0.2) is 9.07 Å². The average molecular weight is 406 g/mol. The van der Waals surface area contributed by atoms with Crippen molar-refractivity contribution in [2.75, 3.05) is 6.54 Å². The molecule has 2 unspecified atom stereocenters. The van der Waals surface area contributed by atoms with Crippen LogP contribution in [0.5, 0.6) is 0 Å². The van der Waals surface area contributed by atoms with Gasteiger partial charge in [-0.3, -0.25) is 4.79 Å². The molecular formula is C23H23FN4O2. The number of carbonyl (C=O) groups excluding carboxylic acids is 1. The number of hydrogen-bond donors (Lipinski definition) is 1. The number of nitrogens with one attached hydrogen (secondary N) is 1. The van der Waals surface area contributed by atoms with Crippen LogP contribution in [0.15, 0.2) is 65.8 Å². The summed E-state index contributed by atoms with van der Waals surface area (Å²) < 4.78 is 14.7. The smallest absolute Gasteiger partial charge is 0.270 e. The van der Waals surface area contributed by atoms with Gasteiger partial charge in [0.2, 0.25) is 0 Å². The van der Waals surface area contributed by atoms with Crippen LogP contribution in [0.2, 0.25) is 0 Å². The third kappa shape index (κ3) is 4.25. The number of oxime groups is 1. The highest BCUT2D eigenvalue weighted by Gasteiger charge is 2.30. The van der Waals surface area contributed by atoms with E-state index in [2.05, 4.69) is 34.6 Å². The Morgan fingerprint density at radius 1 is 1.17 bits per heavy atom. The lowest BCUT2D eigenvalue weighted by atomic mass is 9.94. The van der Waals surface area contributed by atoms with Gasteiger partial charge >= 0.3 is 0 Å². The molecular weight excluding hydrogens is 383 g/mol. The Labute approximate surface area is 174 Å². The number of benzene rings is 2. The van der Waals surface area contributed by atoms with Gasteiger partial charge in [0.1, 0.15) is 17.6 Å². The molecule has 0 fully saturated rings. The van der Waals surface area contributed by atoms with Crippen molar-refractivity contribution in [2.24, 2.45) is 11.1 Å². The number of aromatic nitrogens is 2. The Kier molecular flexibility index (Phi) is 5.61. The molecule has 1 aliphatic rings. The van der Waals surface area contributed by atoms with Crippen LogP contribution in [0.25, 0.3) is 5.69 Å². The largest absolute Gasteiger partial charge is 0.391 e. The molecule has 0 aliphatic carbocycles. The van der Waals surface area contributed by atoms with Crippen LogP contribution in [0.1, 0.15) is 28.7 Å². The average Bonchev–Trinajstić information content (AvgIpc) is 3.30. The van der Waals surface area contributed by atoms with E-state index in [0.29, 0.717) is 23.6 Å². The first kappa shape index (κ1) is 19.8. The van der Waals surface area contributed by atoms with Crippen LogP contribution in [-0.2, 0) is 11.3 Å². The van der Waals surface area contributed by atoms with Crippen LogP contribution < -0.4 is 5.32 Å². The van der Waals surface area contributed by atoms with Crippen molar-refractivity contribution < 1.29 is 14.0 Å². The molecule has 2 aromatic carbocycles. The predicted octanol–water partition coefficient (Wildman–Crippen LogP) is 3.68. The van der Waals surface area contributed by atoms with Gasteiger partial charge < -0.3 is 10.2 Å². The highest BCUT2D eigenvalue weighted by molar-refractivity contribution is 5.98. The van der Waals surface area contributed by atoms with Crippen molar-refractivity contribution in [3.63, 3.8) is 0 Å². The number of amides is 1. The lowest BCUT2D eigenvalue weighted by Gasteiger charge is -2.15. The summed E-state index contributed by atoms with van der Waals surface area (Å²) in [5.74, 6) is -0.525. The summed E-state index contributed by atoms with van der Waals surface area (Å²) in [5.41, 5.74) is 3.68. The van der Waals surface area contributed by atoms with E-state index < -0.39 is 0 Å². The van der Waals surface area contributed by atoms with Crippen molar-refractivity contribution in [1.82, 2.24) is 15.1 Å². The first-order valence-electron chi connectivity index (χ1n) is 9.88. The second-order valence-electron chi connectivity index (χ2n) is 7.45. The van der Waals surface area contributed by atoms with Crippen LogP contribution in [0.3, 0.4) is 0 Å². The predicted molar refractivity (Wildman–Crippen MR) is 112 cm³/mol. The quantitative estimate of drug-likeness (QED) is 0.679. The Morgan fingerprint density at radius 2 is 1.90 bits per heavy atom. The molecule has 4 rings (SSSR count). The minimum Gasteiger partial charge on any atom is -0.391 e. The summed E-state index contributed by atoms with van der Waals surface area (Å²) in [6.07, 6.45) is 0.714. The fourth-order valence-corrected chi connectivity index (χ4v) is 3.48. The van der Waals surface area contributed by atoms with Crippen molar-refractivity contribution >= 4 is 11.6 Å². The van der Waals surface area contributed by atoms with Crippen LogP contribution in [-0.4, -0.2) is 34.0 Å². The van der Waals surface area contributed by atoms with Crippen LogP contribution in [0.4, 0.5) is 4.39 Å². The van der Waals surface area contributed by atoms with Crippen LogP contribution in [0, 0.1) is 18.7 Å². The maximum absolute atomic E-state index is 13.2. The fraction of sp³-hybridized carbons (Fsp3) is 0.261. The van der Waals surface area contributed by atoms with Gasteiger partial charge in [0.25, 0.3) is 5.91 Å². The van der Waals surface area contributed by atoms with E-state index in [1.54, 1.807) is 18.2 Å². The Hall–Kier alpha value is -3.48. The Balaban J connectivity index is 1.40. The molecule has 3 aromatic rings. The van der Waals surface area contributed by atoms with E-state index >= 15 is 0 Å². The molecule has 2 atom stereocenters. The molecule has 0 bridgehead atoms. The van der Waals surface area contributed by atoms with E-state index in [1.807, 2.05) is 25.1 Å². The third-order valence-corrected chi connectivity index (χ3v) is 5.23. The minimum absolute atomic E-state index is 0.0497. The minimum atomic E-state index is -0.341. The third-order valence-electron chi connectivity index (χ3n) is 5.23. The number of nitrogens with zero attached hydrogens (tertiary/aromatic N) is 3. The normalized spacial score (nSPS) is 18.0. The SMILES string of the molecule is Cc1cc(C(=O)NCC2=NOC(Cc3ccccc3)C2C)n(-c2ccc(F)cc2)n1. The molecule has 0 radical (unpaired) electrons. The van der Waals surface area contributed by atoms with Crippen LogP contribution >= 0.6 is 0 Å². The van der Waals surface area contributed by atoms with Gasteiger partial charge in [-0.1, -0.05) is 42.4 Å². The summed E-state index contributed by atoms with van der Waals surface area (Å²) in [5, 5.41) is 11.5. The van der Waals surface area contributed by atoms with Gasteiger partial charge in [0, 0.05) is 12.3 Å². The van der Waals surface area contributed by atoms with Gasteiger partial charge in [-0.15, -0.1) is 0 Å². The number of rotatable bonds is 6. The summed E-state index contributed by atoms with van der Waals surface area (Å²) in [7, 11) is 0. The summed E-state index contributed by atoms with van der Waals surface area (Å²) >= 11 is 0.